The normalized spacial score (nSPS) is 12.3. The molecule has 0 radical (unpaired) electrons. The van der Waals surface area contributed by atoms with Crippen LogP contribution in [0.15, 0.2) is 28.7 Å². The lowest BCUT2D eigenvalue weighted by atomic mass is 10.1. The molecule has 22 heavy (non-hydrogen) atoms. The Balaban J connectivity index is 2.60. The Bertz CT molecular complexity index is 688. The number of hydrogen-bond acceptors (Lipinski definition) is 1. The summed E-state index contributed by atoms with van der Waals surface area (Å²) in [6.07, 6.45) is 0. The van der Waals surface area contributed by atoms with Crippen molar-refractivity contribution in [1.29, 1.82) is 0 Å². The Kier molecular flexibility index (Phi) is 4.87. The first-order valence-electron chi connectivity index (χ1n) is 8.32. The van der Waals surface area contributed by atoms with Gasteiger partial charge in [-0.3, -0.25) is 0 Å². The third-order valence-corrected chi connectivity index (χ3v) is 11.3. The summed E-state index contributed by atoms with van der Waals surface area (Å²) in [5, 5.41) is 1.15. The second-order valence-corrected chi connectivity index (χ2v) is 12.8. The van der Waals surface area contributed by atoms with E-state index in [-0.39, 0.29) is 0 Å². The maximum absolute atomic E-state index is 5.86. The molecule has 0 fully saturated rings. The Morgan fingerprint density at radius 3 is 2.00 bits per heavy atom. The van der Waals surface area contributed by atoms with Crippen molar-refractivity contribution in [2.75, 3.05) is 0 Å². The van der Waals surface area contributed by atoms with E-state index in [4.69, 9.17) is 4.42 Å². The van der Waals surface area contributed by atoms with Crippen molar-refractivity contribution in [3.8, 4) is 11.5 Å². The first kappa shape index (κ1) is 16.9. The number of furan rings is 1. The summed E-state index contributed by atoms with van der Waals surface area (Å²) in [6.45, 7) is 16.1. The second kappa shape index (κ2) is 6.34. The van der Waals surface area contributed by atoms with Crippen molar-refractivity contribution >= 4 is 19.0 Å². The molecule has 2 aromatic rings. The van der Waals surface area contributed by atoms with Crippen molar-refractivity contribution in [3.05, 3.63) is 35.6 Å². The molecule has 0 N–H and O–H groups in total. The lowest BCUT2D eigenvalue weighted by Gasteiger charge is -2.38. The molecule has 1 heterocycles. The molecule has 1 aromatic heterocycles. The van der Waals surface area contributed by atoms with Crippen LogP contribution in [0.25, 0.3) is 11.0 Å². The Labute approximate surface area is 136 Å². The zero-order valence-electron chi connectivity index (χ0n) is 14.9. The van der Waals surface area contributed by atoms with E-state index >= 15 is 0 Å². The van der Waals surface area contributed by atoms with Gasteiger partial charge in [-0.1, -0.05) is 59.6 Å². The predicted octanol–water partition coefficient (Wildman–Crippen LogP) is 6.31. The SMILES string of the molecule is Cc1oc2ccccc2c1C#C[Si](C(C)C)(C(C)C)C(C)C. The van der Waals surface area contributed by atoms with Crippen LogP contribution in [0.3, 0.4) is 0 Å². The molecule has 0 aliphatic heterocycles. The van der Waals surface area contributed by atoms with Gasteiger partial charge >= 0.3 is 0 Å². The molecule has 2 rings (SSSR count). The lowest BCUT2D eigenvalue weighted by molar-refractivity contribution is 0.577. The number of benzene rings is 1. The summed E-state index contributed by atoms with van der Waals surface area (Å²) < 4.78 is 5.86. The van der Waals surface area contributed by atoms with Gasteiger partial charge in [0.1, 0.15) is 19.4 Å². The highest BCUT2D eigenvalue weighted by atomic mass is 28.3. The smallest absolute Gasteiger partial charge is 0.146 e. The fourth-order valence-electron chi connectivity index (χ4n) is 3.93. The van der Waals surface area contributed by atoms with Crippen LogP contribution in [0.4, 0.5) is 0 Å². The molecule has 0 amide bonds. The third-order valence-electron chi connectivity index (χ3n) is 5.04. The van der Waals surface area contributed by atoms with Crippen molar-refractivity contribution < 1.29 is 4.42 Å². The lowest BCUT2D eigenvalue weighted by Crippen LogP contribution is -2.43. The molecule has 0 atom stereocenters. The summed E-state index contributed by atoms with van der Waals surface area (Å²) in [4.78, 5) is 0. The van der Waals surface area contributed by atoms with Crippen molar-refractivity contribution in [2.45, 2.75) is 65.1 Å². The van der Waals surface area contributed by atoms with Gasteiger partial charge < -0.3 is 4.42 Å². The summed E-state index contributed by atoms with van der Waals surface area (Å²) >= 11 is 0. The highest BCUT2D eigenvalue weighted by Gasteiger charge is 2.41. The fraction of sp³-hybridized carbons (Fsp3) is 0.500. The number of rotatable bonds is 3. The quantitative estimate of drug-likeness (QED) is 0.478. The molecule has 0 saturated carbocycles. The van der Waals surface area contributed by atoms with Crippen LogP contribution in [0.2, 0.25) is 16.6 Å². The van der Waals surface area contributed by atoms with Gasteiger partial charge in [-0.15, -0.1) is 5.54 Å². The monoisotopic (exact) mass is 312 g/mol. The highest BCUT2D eigenvalue weighted by molar-refractivity contribution is 6.90. The minimum Gasteiger partial charge on any atom is -0.460 e. The molecule has 0 unspecified atom stereocenters. The number of aryl methyl sites for hydroxylation is 1. The van der Waals surface area contributed by atoms with E-state index in [0.717, 1.165) is 22.3 Å². The molecule has 2 heteroatoms. The van der Waals surface area contributed by atoms with Gasteiger partial charge in [0.25, 0.3) is 0 Å². The topological polar surface area (TPSA) is 13.1 Å². The first-order valence-corrected chi connectivity index (χ1v) is 10.5. The molecule has 0 bridgehead atoms. The molecule has 0 saturated heterocycles. The maximum Gasteiger partial charge on any atom is 0.146 e. The Morgan fingerprint density at radius 1 is 0.909 bits per heavy atom. The molecule has 118 valence electrons. The van der Waals surface area contributed by atoms with Gasteiger partial charge in [0.15, 0.2) is 0 Å². The van der Waals surface area contributed by atoms with Crippen LogP contribution >= 0.6 is 0 Å². The maximum atomic E-state index is 5.86. The fourth-order valence-corrected chi connectivity index (χ4v) is 9.13. The van der Waals surface area contributed by atoms with Gasteiger partial charge in [0, 0.05) is 5.39 Å². The number of hydrogen-bond donors (Lipinski definition) is 0. The van der Waals surface area contributed by atoms with E-state index in [1.165, 1.54) is 0 Å². The predicted molar refractivity (Wildman–Crippen MR) is 98.9 cm³/mol. The van der Waals surface area contributed by atoms with Crippen LogP contribution in [0.1, 0.15) is 52.9 Å². The van der Waals surface area contributed by atoms with Crippen molar-refractivity contribution in [2.24, 2.45) is 0 Å². The minimum absolute atomic E-state index is 0.651. The number of para-hydroxylation sites is 1. The van der Waals surface area contributed by atoms with Crippen LogP contribution in [0.5, 0.6) is 0 Å². The Hall–Kier alpha value is -1.46. The standard InChI is InChI=1S/C20H28OSi/c1-14(2)22(15(3)4,16(5)6)13-12-18-17(7)21-20-11-9-8-10-19(18)20/h8-11,14-16H,1-7H3. The van der Waals surface area contributed by atoms with E-state index in [1.54, 1.807) is 0 Å². The molecular weight excluding hydrogens is 284 g/mol. The summed E-state index contributed by atoms with van der Waals surface area (Å²) in [5.41, 5.74) is 7.77. The zero-order valence-corrected chi connectivity index (χ0v) is 15.9. The van der Waals surface area contributed by atoms with Gasteiger partial charge in [0.05, 0.1) is 5.56 Å². The average Bonchev–Trinajstić information content (AvgIpc) is 2.74. The first-order chi connectivity index (χ1) is 10.3. The van der Waals surface area contributed by atoms with E-state index in [1.807, 2.05) is 19.1 Å². The van der Waals surface area contributed by atoms with E-state index in [0.29, 0.717) is 16.6 Å². The molecule has 1 aromatic carbocycles. The third kappa shape index (κ3) is 2.75. The second-order valence-electron chi connectivity index (χ2n) is 7.18. The van der Waals surface area contributed by atoms with Crippen molar-refractivity contribution in [3.63, 3.8) is 0 Å². The summed E-state index contributed by atoms with van der Waals surface area (Å²) in [6, 6.07) is 8.20. The van der Waals surface area contributed by atoms with Gasteiger partial charge in [-0.05, 0) is 35.7 Å². The summed E-state index contributed by atoms with van der Waals surface area (Å²) in [5.74, 6) is 4.48. The van der Waals surface area contributed by atoms with E-state index in [9.17, 15) is 0 Å². The zero-order chi connectivity index (χ0) is 16.5. The Morgan fingerprint density at radius 2 is 1.45 bits per heavy atom. The molecular formula is C20H28OSi. The minimum atomic E-state index is -1.70. The van der Waals surface area contributed by atoms with Crippen LogP contribution in [-0.2, 0) is 0 Å². The number of fused-ring (bicyclic) bond motifs is 1. The van der Waals surface area contributed by atoms with Crippen LogP contribution in [0, 0.1) is 18.4 Å². The van der Waals surface area contributed by atoms with Crippen LogP contribution < -0.4 is 0 Å². The van der Waals surface area contributed by atoms with Crippen molar-refractivity contribution in [1.82, 2.24) is 0 Å². The summed E-state index contributed by atoms with van der Waals surface area (Å²) in [7, 11) is -1.70. The van der Waals surface area contributed by atoms with Gasteiger partial charge in [0.2, 0.25) is 0 Å². The largest absolute Gasteiger partial charge is 0.460 e. The van der Waals surface area contributed by atoms with Crippen LogP contribution in [-0.4, -0.2) is 8.07 Å². The van der Waals surface area contributed by atoms with Gasteiger partial charge in [-0.2, -0.15) is 0 Å². The highest BCUT2D eigenvalue weighted by Crippen LogP contribution is 2.41. The van der Waals surface area contributed by atoms with Gasteiger partial charge in [-0.25, -0.2) is 0 Å². The average molecular weight is 313 g/mol. The van der Waals surface area contributed by atoms with E-state index in [2.05, 4.69) is 65.1 Å². The molecule has 0 spiro atoms. The molecule has 1 nitrogen and oxygen atoms in total. The molecule has 0 aliphatic rings. The van der Waals surface area contributed by atoms with E-state index < -0.39 is 8.07 Å². The molecule has 0 aliphatic carbocycles.